The van der Waals surface area contributed by atoms with E-state index in [1.165, 1.54) is 31.1 Å². The summed E-state index contributed by atoms with van der Waals surface area (Å²) in [5.74, 6) is -0.457. The monoisotopic (exact) mass is 402 g/mol. The van der Waals surface area contributed by atoms with Crippen LogP contribution in [0.25, 0.3) is 0 Å². The van der Waals surface area contributed by atoms with Gasteiger partial charge >= 0.3 is 0 Å². The lowest BCUT2D eigenvalue weighted by atomic mass is 10.1. The topological polar surface area (TPSA) is 99.7 Å². The quantitative estimate of drug-likeness (QED) is 0.819. The second-order valence-corrected chi connectivity index (χ2v) is 9.00. The molecule has 1 aliphatic rings. The fraction of sp³-hybridized carbons (Fsp3) is 0.316. The van der Waals surface area contributed by atoms with Gasteiger partial charge in [-0.15, -0.1) is 0 Å². The molecule has 0 radical (unpaired) electrons. The maximum atomic E-state index is 12.5. The molecule has 1 saturated heterocycles. The second-order valence-electron chi connectivity index (χ2n) is 6.84. The number of benzene rings is 1. The fourth-order valence-corrected chi connectivity index (χ4v) is 3.88. The Labute approximate surface area is 164 Å². The Morgan fingerprint density at radius 3 is 2.50 bits per heavy atom. The Balaban J connectivity index is 1.72. The van der Waals surface area contributed by atoms with Crippen molar-refractivity contribution in [2.75, 3.05) is 30.9 Å². The first-order valence-electron chi connectivity index (χ1n) is 8.75. The Morgan fingerprint density at radius 1 is 1.21 bits per heavy atom. The van der Waals surface area contributed by atoms with Crippen LogP contribution in [0.1, 0.15) is 12.0 Å². The molecule has 1 N–H and O–H groups in total. The van der Waals surface area contributed by atoms with E-state index >= 15 is 0 Å². The zero-order chi connectivity index (χ0) is 20.5. The van der Waals surface area contributed by atoms with E-state index in [-0.39, 0.29) is 29.7 Å². The molecule has 1 aromatic carbocycles. The van der Waals surface area contributed by atoms with Gasteiger partial charge in [0.1, 0.15) is 5.82 Å². The van der Waals surface area contributed by atoms with E-state index in [9.17, 15) is 18.0 Å². The van der Waals surface area contributed by atoms with E-state index in [0.29, 0.717) is 11.5 Å². The minimum Gasteiger partial charge on any atom is -0.312 e. The largest absolute Gasteiger partial charge is 0.312 e. The lowest BCUT2D eigenvalue weighted by Crippen LogP contribution is -2.28. The van der Waals surface area contributed by atoms with Crippen LogP contribution in [0, 0.1) is 12.8 Å². The predicted molar refractivity (Wildman–Crippen MR) is 105 cm³/mol. The van der Waals surface area contributed by atoms with Crippen LogP contribution < -0.4 is 10.2 Å². The summed E-state index contributed by atoms with van der Waals surface area (Å²) >= 11 is 0. The molecule has 8 nitrogen and oxygen atoms in total. The molecule has 1 unspecified atom stereocenters. The van der Waals surface area contributed by atoms with Gasteiger partial charge in [-0.2, -0.15) is 0 Å². The summed E-state index contributed by atoms with van der Waals surface area (Å²) in [5.41, 5.74) is 1.40. The molecular weight excluding hydrogens is 380 g/mol. The van der Waals surface area contributed by atoms with Crippen molar-refractivity contribution in [3.05, 3.63) is 48.2 Å². The van der Waals surface area contributed by atoms with Crippen LogP contribution in [0.4, 0.5) is 11.5 Å². The highest BCUT2D eigenvalue weighted by molar-refractivity contribution is 7.89. The molecule has 0 spiro atoms. The zero-order valence-corrected chi connectivity index (χ0v) is 16.7. The van der Waals surface area contributed by atoms with Gasteiger partial charge in [-0.05, 0) is 42.8 Å². The maximum absolute atomic E-state index is 12.5. The van der Waals surface area contributed by atoms with Crippen molar-refractivity contribution in [1.82, 2.24) is 9.29 Å². The van der Waals surface area contributed by atoms with E-state index in [0.717, 1.165) is 9.87 Å². The summed E-state index contributed by atoms with van der Waals surface area (Å²) in [6.07, 6.45) is 1.69. The molecule has 0 saturated carbocycles. The number of pyridine rings is 1. The molecule has 1 atom stereocenters. The van der Waals surface area contributed by atoms with E-state index in [2.05, 4.69) is 10.3 Å². The SMILES string of the molecule is Cc1cccnc1NC(=O)C1CC(=O)N(c2ccc(S(=O)(=O)N(C)C)cc2)C1. The van der Waals surface area contributed by atoms with Gasteiger partial charge < -0.3 is 10.2 Å². The smallest absolute Gasteiger partial charge is 0.242 e. The number of amides is 2. The number of rotatable bonds is 5. The summed E-state index contributed by atoms with van der Waals surface area (Å²) in [5, 5.41) is 2.77. The lowest BCUT2D eigenvalue weighted by Gasteiger charge is -2.18. The van der Waals surface area contributed by atoms with Crippen molar-refractivity contribution in [2.45, 2.75) is 18.2 Å². The van der Waals surface area contributed by atoms with Crippen LogP contribution in [0.2, 0.25) is 0 Å². The number of aryl methyl sites for hydroxylation is 1. The third kappa shape index (κ3) is 3.90. The van der Waals surface area contributed by atoms with Crippen LogP contribution in [0.15, 0.2) is 47.5 Å². The minimum atomic E-state index is -3.53. The molecule has 3 rings (SSSR count). The fourth-order valence-electron chi connectivity index (χ4n) is 2.98. The highest BCUT2D eigenvalue weighted by Crippen LogP contribution is 2.27. The molecule has 0 aliphatic carbocycles. The van der Waals surface area contributed by atoms with Gasteiger partial charge in [0, 0.05) is 38.9 Å². The molecule has 9 heteroatoms. The average Bonchev–Trinajstić information content (AvgIpc) is 3.05. The zero-order valence-electron chi connectivity index (χ0n) is 15.9. The number of carbonyl (C=O) groups excluding carboxylic acids is 2. The van der Waals surface area contributed by atoms with Gasteiger partial charge in [0.2, 0.25) is 21.8 Å². The van der Waals surface area contributed by atoms with Crippen molar-refractivity contribution in [3.8, 4) is 0 Å². The number of sulfonamides is 1. The van der Waals surface area contributed by atoms with Crippen LogP contribution in [-0.4, -0.2) is 50.2 Å². The maximum Gasteiger partial charge on any atom is 0.242 e. The van der Waals surface area contributed by atoms with E-state index in [1.54, 1.807) is 24.4 Å². The highest BCUT2D eigenvalue weighted by Gasteiger charge is 2.35. The molecule has 28 heavy (non-hydrogen) atoms. The van der Waals surface area contributed by atoms with Crippen molar-refractivity contribution >= 4 is 33.3 Å². The summed E-state index contributed by atoms with van der Waals surface area (Å²) in [6, 6.07) is 9.71. The number of nitrogens with zero attached hydrogens (tertiary/aromatic N) is 3. The second kappa shape index (κ2) is 7.69. The van der Waals surface area contributed by atoms with Crippen LogP contribution >= 0.6 is 0 Å². The third-order valence-corrected chi connectivity index (χ3v) is 6.50. The Morgan fingerprint density at radius 2 is 1.89 bits per heavy atom. The normalized spacial score (nSPS) is 17.2. The molecule has 1 aromatic heterocycles. The van der Waals surface area contributed by atoms with Crippen molar-refractivity contribution in [1.29, 1.82) is 0 Å². The number of carbonyl (C=O) groups is 2. The minimum absolute atomic E-state index is 0.0927. The lowest BCUT2D eigenvalue weighted by molar-refractivity contribution is -0.122. The number of hydrogen-bond acceptors (Lipinski definition) is 5. The molecule has 1 fully saturated rings. The standard InChI is InChI=1S/C19H22N4O4S/c1-13-5-4-10-20-18(13)21-19(25)14-11-17(24)23(12-14)15-6-8-16(9-7-15)28(26,27)22(2)3/h4-10,14H,11-12H2,1-3H3,(H,20,21,25). The molecular formula is C19H22N4O4S. The van der Waals surface area contributed by atoms with Gasteiger partial charge in [-0.25, -0.2) is 17.7 Å². The molecule has 1 aliphatic heterocycles. The average molecular weight is 402 g/mol. The molecule has 2 amide bonds. The van der Waals surface area contributed by atoms with Crippen molar-refractivity contribution < 1.29 is 18.0 Å². The Kier molecular flexibility index (Phi) is 5.48. The van der Waals surface area contributed by atoms with Crippen LogP contribution in [0.3, 0.4) is 0 Å². The number of aromatic nitrogens is 1. The van der Waals surface area contributed by atoms with Gasteiger partial charge in [-0.1, -0.05) is 6.07 Å². The summed E-state index contributed by atoms with van der Waals surface area (Å²) in [7, 11) is -0.619. The summed E-state index contributed by atoms with van der Waals surface area (Å²) in [6.45, 7) is 2.08. The van der Waals surface area contributed by atoms with Crippen molar-refractivity contribution in [3.63, 3.8) is 0 Å². The third-order valence-electron chi connectivity index (χ3n) is 4.67. The Bertz CT molecular complexity index is 1000. The summed E-state index contributed by atoms with van der Waals surface area (Å²) < 4.78 is 25.4. The number of hydrogen-bond donors (Lipinski definition) is 1. The molecule has 148 valence electrons. The van der Waals surface area contributed by atoms with E-state index < -0.39 is 15.9 Å². The Hall–Kier alpha value is -2.78. The number of anilines is 2. The predicted octanol–water partition coefficient (Wildman–Crippen LogP) is 1.63. The first-order valence-corrected chi connectivity index (χ1v) is 10.2. The van der Waals surface area contributed by atoms with Crippen LogP contribution in [-0.2, 0) is 19.6 Å². The van der Waals surface area contributed by atoms with Crippen LogP contribution in [0.5, 0.6) is 0 Å². The summed E-state index contributed by atoms with van der Waals surface area (Å²) in [4.78, 5) is 30.7. The first kappa shape index (κ1) is 20.0. The highest BCUT2D eigenvalue weighted by atomic mass is 32.2. The van der Waals surface area contributed by atoms with Gasteiger partial charge in [0.25, 0.3) is 0 Å². The molecule has 0 bridgehead atoms. The van der Waals surface area contributed by atoms with Gasteiger partial charge in [0.05, 0.1) is 10.8 Å². The molecule has 2 aromatic rings. The molecule has 2 heterocycles. The van der Waals surface area contributed by atoms with E-state index in [4.69, 9.17) is 0 Å². The van der Waals surface area contributed by atoms with Crippen molar-refractivity contribution in [2.24, 2.45) is 5.92 Å². The van der Waals surface area contributed by atoms with Gasteiger partial charge in [0.15, 0.2) is 0 Å². The first-order chi connectivity index (χ1) is 13.2. The van der Waals surface area contributed by atoms with Gasteiger partial charge in [-0.3, -0.25) is 9.59 Å². The van der Waals surface area contributed by atoms with E-state index in [1.807, 2.05) is 13.0 Å². The number of nitrogens with one attached hydrogen (secondary N) is 1.